The molecule has 1 aromatic rings. The van der Waals surface area contributed by atoms with Crippen molar-refractivity contribution in [3.63, 3.8) is 0 Å². The first-order valence-electron chi connectivity index (χ1n) is 6.59. The van der Waals surface area contributed by atoms with Crippen LogP contribution in [0.4, 0.5) is 0 Å². The number of sulfone groups is 1. The van der Waals surface area contributed by atoms with E-state index in [4.69, 9.17) is 4.74 Å². The van der Waals surface area contributed by atoms with Gasteiger partial charge in [-0.2, -0.15) is 0 Å². The number of hydrogen-bond acceptors (Lipinski definition) is 4. The van der Waals surface area contributed by atoms with Gasteiger partial charge in [-0.05, 0) is 38.1 Å². The maximum Gasteiger partial charge on any atom is 0.153 e. The molecule has 19 heavy (non-hydrogen) atoms. The topological polar surface area (TPSA) is 55.4 Å². The first-order valence-corrected chi connectivity index (χ1v) is 8.41. The fourth-order valence-electron chi connectivity index (χ4n) is 1.74. The van der Waals surface area contributed by atoms with Crippen molar-refractivity contribution in [1.29, 1.82) is 0 Å². The van der Waals surface area contributed by atoms with Crippen LogP contribution in [0.3, 0.4) is 0 Å². The van der Waals surface area contributed by atoms with Gasteiger partial charge in [0.1, 0.15) is 12.4 Å². The van der Waals surface area contributed by atoms with Crippen molar-refractivity contribution in [1.82, 2.24) is 5.32 Å². The molecule has 0 aliphatic heterocycles. The van der Waals surface area contributed by atoms with Crippen LogP contribution in [0.25, 0.3) is 0 Å². The summed E-state index contributed by atoms with van der Waals surface area (Å²) in [5, 5.41) is 3.15. The molecule has 0 bridgehead atoms. The van der Waals surface area contributed by atoms with Crippen LogP contribution in [0.2, 0.25) is 0 Å². The zero-order valence-corrected chi connectivity index (χ0v) is 12.7. The Labute approximate surface area is 116 Å². The normalized spacial score (nSPS) is 13.2. The summed E-state index contributed by atoms with van der Waals surface area (Å²) < 4.78 is 28.6. The zero-order valence-electron chi connectivity index (χ0n) is 11.8. The van der Waals surface area contributed by atoms with Crippen molar-refractivity contribution in [2.75, 3.05) is 25.2 Å². The lowest BCUT2D eigenvalue weighted by Gasteiger charge is -2.12. The van der Waals surface area contributed by atoms with Crippen molar-refractivity contribution in [2.45, 2.75) is 26.3 Å². The van der Waals surface area contributed by atoms with Gasteiger partial charge in [0.2, 0.25) is 0 Å². The Kier molecular flexibility index (Phi) is 6.31. The van der Waals surface area contributed by atoms with Crippen LogP contribution < -0.4 is 10.1 Å². The molecule has 108 valence electrons. The smallest absolute Gasteiger partial charge is 0.153 e. The molecule has 0 saturated heterocycles. The van der Waals surface area contributed by atoms with E-state index >= 15 is 0 Å². The molecule has 1 N–H and O–H groups in total. The highest BCUT2D eigenvalue weighted by Gasteiger charge is 2.09. The van der Waals surface area contributed by atoms with Crippen LogP contribution >= 0.6 is 0 Å². The van der Waals surface area contributed by atoms with Gasteiger partial charge in [-0.15, -0.1) is 0 Å². The quantitative estimate of drug-likeness (QED) is 0.795. The maximum absolute atomic E-state index is 11.6. The summed E-state index contributed by atoms with van der Waals surface area (Å²) in [5.41, 5.74) is 1.12. The first kappa shape index (κ1) is 16.0. The molecule has 0 spiro atoms. The summed E-state index contributed by atoms with van der Waals surface area (Å²) in [5.74, 6) is 1.02. The average molecular weight is 285 g/mol. The minimum atomic E-state index is -2.97. The van der Waals surface area contributed by atoms with Crippen LogP contribution in [0.1, 0.15) is 31.9 Å². The number of ether oxygens (including phenoxy) is 1. The van der Waals surface area contributed by atoms with Crippen molar-refractivity contribution < 1.29 is 13.2 Å². The lowest BCUT2D eigenvalue weighted by molar-refractivity contribution is 0.340. The molecule has 0 aromatic heterocycles. The molecule has 1 atom stereocenters. The van der Waals surface area contributed by atoms with Gasteiger partial charge in [0.05, 0.1) is 11.5 Å². The predicted octanol–water partition coefficient (Wildman–Crippen LogP) is 2.17. The Bertz CT molecular complexity index is 485. The van der Waals surface area contributed by atoms with E-state index in [0.717, 1.165) is 5.56 Å². The highest BCUT2D eigenvalue weighted by molar-refractivity contribution is 7.91. The molecule has 0 amide bonds. The Morgan fingerprint density at radius 2 is 2.05 bits per heavy atom. The van der Waals surface area contributed by atoms with Crippen LogP contribution in [0, 0.1) is 0 Å². The van der Waals surface area contributed by atoms with Gasteiger partial charge in [0.25, 0.3) is 0 Å². The largest absolute Gasteiger partial charge is 0.493 e. The van der Waals surface area contributed by atoms with E-state index in [1.807, 2.05) is 38.2 Å². The summed E-state index contributed by atoms with van der Waals surface area (Å²) in [4.78, 5) is 0. The molecule has 0 heterocycles. The minimum absolute atomic E-state index is 0.0760. The highest BCUT2D eigenvalue weighted by atomic mass is 32.2. The summed E-state index contributed by atoms with van der Waals surface area (Å²) in [7, 11) is -1.07. The molecule has 0 radical (unpaired) electrons. The summed E-state index contributed by atoms with van der Waals surface area (Å²) >= 11 is 0. The fourth-order valence-corrected chi connectivity index (χ4v) is 2.90. The third kappa shape index (κ3) is 5.61. The van der Waals surface area contributed by atoms with Crippen LogP contribution in [0.15, 0.2) is 24.3 Å². The van der Waals surface area contributed by atoms with E-state index in [2.05, 4.69) is 12.2 Å². The molecule has 4 nitrogen and oxygen atoms in total. The van der Waals surface area contributed by atoms with Crippen molar-refractivity contribution in [2.24, 2.45) is 0 Å². The lowest BCUT2D eigenvalue weighted by atomic mass is 10.1. The molecular weight excluding hydrogens is 262 g/mol. The van der Waals surface area contributed by atoms with E-state index < -0.39 is 9.84 Å². The monoisotopic (exact) mass is 285 g/mol. The van der Waals surface area contributed by atoms with Crippen molar-refractivity contribution in [3.05, 3.63) is 29.8 Å². The summed E-state index contributed by atoms with van der Waals surface area (Å²) in [6.07, 6.45) is 0.650. The van der Waals surface area contributed by atoms with Crippen molar-refractivity contribution >= 4 is 9.84 Å². The molecule has 0 aliphatic rings. The van der Waals surface area contributed by atoms with E-state index in [9.17, 15) is 8.42 Å². The molecule has 0 aliphatic carbocycles. The second-order valence-electron chi connectivity index (χ2n) is 4.58. The second kappa shape index (κ2) is 7.50. The standard InChI is InChI=1S/C14H23NO3S/c1-4-9-19(16,17)10-8-18-14-7-5-6-13(11-14)12(2)15-3/h5-7,11-12,15H,4,8-10H2,1-3H3. The van der Waals surface area contributed by atoms with Gasteiger partial charge in [-0.25, -0.2) is 8.42 Å². The SMILES string of the molecule is CCCS(=O)(=O)CCOc1cccc(C(C)NC)c1. The molecule has 0 fully saturated rings. The minimum Gasteiger partial charge on any atom is -0.493 e. The van der Waals surface area contributed by atoms with Crippen LogP contribution in [-0.2, 0) is 9.84 Å². The molecule has 0 saturated carbocycles. The Morgan fingerprint density at radius 1 is 1.32 bits per heavy atom. The second-order valence-corrected chi connectivity index (χ2v) is 6.89. The molecule has 5 heteroatoms. The Morgan fingerprint density at radius 3 is 2.68 bits per heavy atom. The number of benzene rings is 1. The van der Waals surface area contributed by atoms with Gasteiger partial charge < -0.3 is 10.1 Å². The van der Waals surface area contributed by atoms with Crippen molar-refractivity contribution in [3.8, 4) is 5.75 Å². The third-order valence-corrected chi connectivity index (χ3v) is 4.79. The molecule has 1 aromatic carbocycles. The highest BCUT2D eigenvalue weighted by Crippen LogP contribution is 2.18. The van der Waals surface area contributed by atoms with Gasteiger partial charge in [-0.3, -0.25) is 0 Å². The molecule has 1 rings (SSSR count). The number of nitrogens with one attached hydrogen (secondary N) is 1. The van der Waals surface area contributed by atoms with Crippen LogP contribution in [0.5, 0.6) is 5.75 Å². The summed E-state index contributed by atoms with van der Waals surface area (Å²) in [6, 6.07) is 7.96. The van der Waals surface area contributed by atoms with E-state index in [1.165, 1.54) is 0 Å². The van der Waals surface area contributed by atoms with E-state index in [0.29, 0.717) is 12.2 Å². The molecular formula is C14H23NO3S. The summed E-state index contributed by atoms with van der Waals surface area (Å²) in [6.45, 7) is 4.13. The zero-order chi connectivity index (χ0) is 14.3. The fraction of sp³-hybridized carbons (Fsp3) is 0.571. The third-order valence-electron chi connectivity index (χ3n) is 2.97. The first-order chi connectivity index (χ1) is 8.98. The van der Waals surface area contributed by atoms with Gasteiger partial charge >= 0.3 is 0 Å². The predicted molar refractivity (Wildman–Crippen MR) is 78.4 cm³/mol. The lowest BCUT2D eigenvalue weighted by Crippen LogP contribution is -2.17. The maximum atomic E-state index is 11.6. The Hall–Kier alpha value is -1.07. The van der Waals surface area contributed by atoms with E-state index in [1.54, 1.807) is 0 Å². The number of rotatable bonds is 8. The molecule has 1 unspecified atom stereocenters. The Balaban J connectivity index is 2.54. The van der Waals surface area contributed by atoms with E-state index in [-0.39, 0.29) is 24.2 Å². The van der Waals surface area contributed by atoms with Gasteiger partial charge in [0.15, 0.2) is 9.84 Å². The van der Waals surface area contributed by atoms with Gasteiger partial charge in [0, 0.05) is 6.04 Å². The average Bonchev–Trinajstić information content (AvgIpc) is 2.38. The van der Waals surface area contributed by atoms with Gasteiger partial charge in [-0.1, -0.05) is 19.1 Å². The van der Waals surface area contributed by atoms with Crippen LogP contribution in [-0.4, -0.2) is 33.6 Å². The number of hydrogen-bond donors (Lipinski definition) is 1.